The molecule has 0 unspecified atom stereocenters. The van der Waals surface area contributed by atoms with Crippen LogP contribution in [-0.2, 0) is 28.7 Å². The molecule has 0 atom stereocenters. The number of halogens is 6. The third-order valence-corrected chi connectivity index (χ3v) is 2.51. The van der Waals surface area contributed by atoms with Crippen molar-refractivity contribution in [2.45, 2.75) is 25.5 Å². The molecule has 0 aliphatic heterocycles. The molecule has 0 bridgehead atoms. The number of ether oxygens (including phenoxy) is 2. The van der Waals surface area contributed by atoms with E-state index in [1.165, 1.54) is 0 Å². The first-order valence-corrected chi connectivity index (χ1v) is 5.60. The van der Waals surface area contributed by atoms with Gasteiger partial charge >= 0.3 is 18.5 Å². The largest absolute Gasteiger partial charge is 0.573 e. The molecule has 0 amide bonds. The Bertz CT molecular complexity index is 556. The molecule has 0 radical (unpaired) electrons. The predicted octanol–water partition coefficient (Wildman–Crippen LogP) is 2.17. The highest BCUT2D eigenvalue weighted by Gasteiger charge is 2.39. The quantitative estimate of drug-likeness (QED) is 0.676. The third-order valence-electron chi connectivity index (χ3n) is 2.51. The molecular formula is C11H10F6N2O3. The van der Waals surface area contributed by atoms with Crippen LogP contribution >= 0.6 is 0 Å². The van der Waals surface area contributed by atoms with Gasteiger partial charge in [0.2, 0.25) is 0 Å². The van der Waals surface area contributed by atoms with E-state index in [9.17, 15) is 31.1 Å². The van der Waals surface area contributed by atoms with Crippen LogP contribution in [0, 0.1) is 0 Å². The Balaban J connectivity index is 3.48. The summed E-state index contributed by atoms with van der Waals surface area (Å²) in [5.74, 6) is -2.09. The number of hydrogen-bond donors (Lipinski definition) is 1. The summed E-state index contributed by atoms with van der Waals surface area (Å²) in [7, 11) is 0.918. The molecule has 0 saturated carbocycles. The summed E-state index contributed by atoms with van der Waals surface area (Å²) < 4.78 is 83.2. The number of rotatable bonds is 4. The number of nitrogens with zero attached hydrogens (tertiary/aromatic N) is 1. The van der Waals surface area contributed by atoms with Gasteiger partial charge < -0.3 is 15.2 Å². The first-order valence-electron chi connectivity index (χ1n) is 5.60. The standard InChI is InChI=1S/C11H10F6N2O3/c1-21-8(20)2-5-6(3-18)7(22-11(15,16)17)4-19-9(5)10(12,13)14/h4H,2-3,18H2,1H3. The Labute approximate surface area is 120 Å². The number of carbonyl (C=O) groups is 1. The van der Waals surface area contributed by atoms with E-state index in [4.69, 9.17) is 5.73 Å². The van der Waals surface area contributed by atoms with Crippen LogP contribution in [0.4, 0.5) is 26.3 Å². The summed E-state index contributed by atoms with van der Waals surface area (Å²) in [5.41, 5.74) is 2.25. The second-order valence-electron chi connectivity index (χ2n) is 3.93. The zero-order valence-electron chi connectivity index (χ0n) is 11.0. The average molecular weight is 332 g/mol. The van der Waals surface area contributed by atoms with Crippen LogP contribution in [0.1, 0.15) is 16.8 Å². The van der Waals surface area contributed by atoms with Crippen molar-refractivity contribution in [3.8, 4) is 5.75 Å². The Morgan fingerprint density at radius 2 is 1.82 bits per heavy atom. The Morgan fingerprint density at radius 3 is 2.23 bits per heavy atom. The molecule has 0 aromatic carbocycles. The van der Waals surface area contributed by atoms with Crippen molar-refractivity contribution < 1.29 is 40.6 Å². The lowest BCUT2D eigenvalue weighted by atomic mass is 10.0. The maximum Gasteiger partial charge on any atom is 0.573 e. The van der Waals surface area contributed by atoms with Crippen molar-refractivity contribution in [2.75, 3.05) is 7.11 Å². The van der Waals surface area contributed by atoms with Gasteiger partial charge in [0.25, 0.3) is 0 Å². The summed E-state index contributed by atoms with van der Waals surface area (Å²) in [6.07, 6.45) is -10.8. The fourth-order valence-electron chi connectivity index (χ4n) is 1.66. The van der Waals surface area contributed by atoms with Crippen LogP contribution in [0.3, 0.4) is 0 Å². The van der Waals surface area contributed by atoms with Gasteiger partial charge in [-0.1, -0.05) is 0 Å². The minimum Gasteiger partial charge on any atom is -0.469 e. The molecule has 0 saturated heterocycles. The van der Waals surface area contributed by atoms with Gasteiger partial charge in [-0.3, -0.25) is 4.79 Å². The number of esters is 1. The second-order valence-corrected chi connectivity index (χ2v) is 3.93. The second kappa shape index (κ2) is 6.38. The van der Waals surface area contributed by atoms with Crippen LogP contribution in [0.5, 0.6) is 5.75 Å². The van der Waals surface area contributed by atoms with Crippen molar-refractivity contribution in [2.24, 2.45) is 5.73 Å². The Kier molecular flexibility index (Phi) is 5.22. The van der Waals surface area contributed by atoms with E-state index in [1.807, 2.05) is 0 Å². The van der Waals surface area contributed by atoms with Gasteiger partial charge in [0.1, 0.15) is 5.69 Å². The van der Waals surface area contributed by atoms with Crippen LogP contribution in [-0.4, -0.2) is 24.4 Å². The SMILES string of the molecule is COC(=O)Cc1c(C(F)(F)F)ncc(OC(F)(F)F)c1CN. The van der Waals surface area contributed by atoms with Crippen molar-refractivity contribution in [1.82, 2.24) is 4.98 Å². The highest BCUT2D eigenvalue weighted by Crippen LogP contribution is 2.36. The summed E-state index contributed by atoms with van der Waals surface area (Å²) in [4.78, 5) is 14.1. The fraction of sp³-hybridized carbons (Fsp3) is 0.455. The van der Waals surface area contributed by atoms with Gasteiger partial charge in [-0.25, -0.2) is 4.98 Å². The van der Waals surface area contributed by atoms with E-state index in [1.54, 1.807) is 0 Å². The maximum absolute atomic E-state index is 12.9. The normalized spacial score (nSPS) is 12.2. The molecule has 124 valence electrons. The first-order chi connectivity index (χ1) is 9.99. The first kappa shape index (κ1) is 18.0. The predicted molar refractivity (Wildman–Crippen MR) is 59.5 cm³/mol. The molecular weight excluding hydrogens is 322 g/mol. The number of aromatic nitrogens is 1. The summed E-state index contributed by atoms with van der Waals surface area (Å²) >= 11 is 0. The Hall–Kier alpha value is -2.04. The Morgan fingerprint density at radius 1 is 1.23 bits per heavy atom. The van der Waals surface area contributed by atoms with E-state index in [0.717, 1.165) is 7.11 Å². The van der Waals surface area contributed by atoms with E-state index in [0.29, 0.717) is 0 Å². The van der Waals surface area contributed by atoms with Crippen LogP contribution in [0.25, 0.3) is 0 Å². The number of hydrogen-bond acceptors (Lipinski definition) is 5. The lowest BCUT2D eigenvalue weighted by molar-refractivity contribution is -0.275. The van der Waals surface area contributed by atoms with Crippen LogP contribution in [0.2, 0.25) is 0 Å². The lowest BCUT2D eigenvalue weighted by Gasteiger charge is -2.18. The molecule has 0 spiro atoms. The molecule has 0 aliphatic rings. The van der Waals surface area contributed by atoms with E-state index >= 15 is 0 Å². The number of carbonyl (C=O) groups excluding carboxylic acids is 1. The van der Waals surface area contributed by atoms with Gasteiger partial charge in [0, 0.05) is 17.7 Å². The monoisotopic (exact) mass is 332 g/mol. The third kappa shape index (κ3) is 4.48. The minimum atomic E-state index is -5.14. The zero-order valence-corrected chi connectivity index (χ0v) is 11.0. The van der Waals surface area contributed by atoms with Crippen molar-refractivity contribution in [3.05, 3.63) is 23.0 Å². The molecule has 0 fully saturated rings. The summed E-state index contributed by atoms with van der Waals surface area (Å²) in [6.45, 7) is -0.719. The molecule has 11 heteroatoms. The van der Waals surface area contributed by atoms with Crippen molar-refractivity contribution in [1.29, 1.82) is 0 Å². The number of nitrogens with two attached hydrogens (primary N) is 1. The van der Waals surface area contributed by atoms with Gasteiger partial charge in [0.15, 0.2) is 5.75 Å². The average Bonchev–Trinajstić information content (AvgIpc) is 2.35. The minimum absolute atomic E-state index is 0.263. The van der Waals surface area contributed by atoms with Gasteiger partial charge in [-0.15, -0.1) is 13.2 Å². The van der Waals surface area contributed by atoms with Gasteiger partial charge in [-0.05, 0) is 0 Å². The number of methoxy groups -OCH3 is 1. The fourth-order valence-corrected chi connectivity index (χ4v) is 1.66. The van der Waals surface area contributed by atoms with Crippen molar-refractivity contribution in [3.63, 3.8) is 0 Å². The van der Waals surface area contributed by atoms with Gasteiger partial charge in [0.05, 0.1) is 19.7 Å². The van der Waals surface area contributed by atoms with E-state index in [-0.39, 0.29) is 6.20 Å². The highest BCUT2D eigenvalue weighted by atomic mass is 19.4. The molecule has 1 aromatic heterocycles. The van der Waals surface area contributed by atoms with Gasteiger partial charge in [-0.2, -0.15) is 13.2 Å². The molecule has 22 heavy (non-hydrogen) atoms. The highest BCUT2D eigenvalue weighted by molar-refractivity contribution is 5.73. The summed E-state index contributed by atoms with van der Waals surface area (Å²) in [5, 5.41) is 0. The van der Waals surface area contributed by atoms with E-state index < -0.39 is 54.0 Å². The zero-order chi connectivity index (χ0) is 17.1. The van der Waals surface area contributed by atoms with Crippen LogP contribution < -0.4 is 10.5 Å². The molecule has 0 aliphatic carbocycles. The topological polar surface area (TPSA) is 74.4 Å². The van der Waals surface area contributed by atoms with Crippen molar-refractivity contribution >= 4 is 5.97 Å². The number of alkyl halides is 6. The molecule has 5 nitrogen and oxygen atoms in total. The molecule has 1 rings (SSSR count). The lowest BCUT2D eigenvalue weighted by Crippen LogP contribution is -2.23. The molecule has 1 heterocycles. The molecule has 1 aromatic rings. The van der Waals surface area contributed by atoms with Crippen LogP contribution in [0.15, 0.2) is 6.20 Å². The maximum atomic E-state index is 12.9. The number of pyridine rings is 1. The smallest absolute Gasteiger partial charge is 0.469 e. The molecule has 2 N–H and O–H groups in total. The van der Waals surface area contributed by atoms with E-state index in [2.05, 4.69) is 14.5 Å². The summed E-state index contributed by atoms with van der Waals surface area (Å²) in [6, 6.07) is 0.